The number of halogens is 1. The number of imidazole rings is 1. The van der Waals surface area contributed by atoms with E-state index in [4.69, 9.17) is 5.11 Å². The van der Waals surface area contributed by atoms with Crippen LogP contribution < -0.4 is 5.32 Å². The van der Waals surface area contributed by atoms with Gasteiger partial charge in [-0.2, -0.15) is 0 Å². The van der Waals surface area contributed by atoms with E-state index >= 15 is 0 Å². The number of carboxylic acid groups (broad SMARTS) is 2. The van der Waals surface area contributed by atoms with Crippen LogP contribution in [0.3, 0.4) is 0 Å². The van der Waals surface area contributed by atoms with E-state index in [0.717, 1.165) is 0 Å². The lowest BCUT2D eigenvalue weighted by molar-refractivity contribution is -0.144. The van der Waals surface area contributed by atoms with Crippen molar-refractivity contribution < 1.29 is 24.2 Å². The average Bonchev–Trinajstić information content (AvgIpc) is 3.19. The molecule has 3 atom stereocenters. The lowest BCUT2D eigenvalue weighted by atomic mass is 9.77. The van der Waals surface area contributed by atoms with Crippen molar-refractivity contribution in [2.45, 2.75) is 38.1 Å². The molecule has 0 spiro atoms. The topological polar surface area (TPSA) is 141 Å². The number of aromatic amines is 1. The predicted molar refractivity (Wildman–Crippen MR) is 107 cm³/mol. The van der Waals surface area contributed by atoms with Gasteiger partial charge in [-0.1, -0.05) is 19.1 Å². The summed E-state index contributed by atoms with van der Waals surface area (Å²) >= 11 is 0. The number of hydrogen-bond acceptors (Lipinski definition) is 6. The summed E-state index contributed by atoms with van der Waals surface area (Å²) in [5, 5.41) is 22.4. The second kappa shape index (κ2) is 9.29. The van der Waals surface area contributed by atoms with E-state index in [0.29, 0.717) is 29.0 Å². The molecule has 30 heavy (non-hydrogen) atoms. The maximum Gasteiger partial charge on any atom is 0.309 e. The van der Waals surface area contributed by atoms with Crippen molar-refractivity contribution in [3.63, 3.8) is 0 Å². The summed E-state index contributed by atoms with van der Waals surface area (Å²) in [5.74, 6) is -4.00. The summed E-state index contributed by atoms with van der Waals surface area (Å²) in [4.78, 5) is 38.7. The Balaban J connectivity index is 1.98. The fraction of sp³-hybridized carbons (Fsp3) is 0.350. The van der Waals surface area contributed by atoms with Gasteiger partial charge in [-0.15, -0.1) is 0 Å². The third kappa shape index (κ3) is 4.70. The number of benzene rings is 1. The molecule has 3 aromatic rings. The van der Waals surface area contributed by atoms with Crippen LogP contribution in [0.25, 0.3) is 11.2 Å². The van der Waals surface area contributed by atoms with Gasteiger partial charge in [0.2, 0.25) is 0 Å². The number of nitrogens with one attached hydrogen (secondary N) is 2. The summed E-state index contributed by atoms with van der Waals surface area (Å²) in [6.07, 6.45) is 3.01. The molecule has 158 valence electrons. The van der Waals surface area contributed by atoms with Gasteiger partial charge in [0.1, 0.15) is 17.7 Å². The highest BCUT2D eigenvalue weighted by atomic mass is 19.1. The fourth-order valence-corrected chi connectivity index (χ4v) is 3.69. The molecular weight excluding hydrogens is 393 g/mol. The molecule has 4 N–H and O–H groups in total. The van der Waals surface area contributed by atoms with Gasteiger partial charge >= 0.3 is 11.9 Å². The molecule has 0 radical (unpaired) electrons. The number of fused-ring (bicyclic) bond motifs is 1. The highest BCUT2D eigenvalue weighted by Crippen LogP contribution is 2.35. The molecule has 0 aliphatic heterocycles. The number of nitrogens with zero attached hydrogens (tertiary/aromatic N) is 3. The zero-order valence-electron chi connectivity index (χ0n) is 16.2. The second-order valence-electron chi connectivity index (χ2n) is 6.94. The summed E-state index contributed by atoms with van der Waals surface area (Å²) in [5.41, 5.74) is 1.41. The van der Waals surface area contributed by atoms with Crippen molar-refractivity contribution in [2.24, 2.45) is 5.92 Å². The smallest absolute Gasteiger partial charge is 0.309 e. The van der Waals surface area contributed by atoms with Gasteiger partial charge in [-0.25, -0.2) is 19.3 Å². The SMILES string of the molecule is CCC(Nc1ncnc2nc[nH]c12)C(C(=O)O)C(CCC(=O)O)c1cccc(F)c1. The Morgan fingerprint density at radius 2 is 2.03 bits per heavy atom. The van der Waals surface area contributed by atoms with Crippen LogP contribution in [0, 0.1) is 11.7 Å². The van der Waals surface area contributed by atoms with Crippen LogP contribution in [0.5, 0.6) is 0 Å². The molecule has 2 aromatic heterocycles. The molecule has 2 heterocycles. The first-order valence-electron chi connectivity index (χ1n) is 9.51. The highest BCUT2D eigenvalue weighted by molar-refractivity contribution is 5.82. The lowest BCUT2D eigenvalue weighted by Gasteiger charge is -2.31. The standard InChI is InChI=1S/C20H22FN5O4/c1-2-14(26-19-17-18(23-9-22-17)24-10-25-19)16(20(29)30)13(6-7-15(27)28)11-4-3-5-12(21)8-11/h3-5,8-10,13-14,16H,2,6-7H2,1H3,(H,27,28)(H,29,30)(H2,22,23,24,25,26). The number of aliphatic carboxylic acids is 2. The van der Waals surface area contributed by atoms with Gasteiger partial charge in [-0.3, -0.25) is 9.59 Å². The highest BCUT2D eigenvalue weighted by Gasteiger charge is 2.36. The maximum atomic E-state index is 13.9. The zero-order valence-corrected chi connectivity index (χ0v) is 16.2. The molecule has 9 nitrogen and oxygen atoms in total. The number of anilines is 1. The first-order valence-corrected chi connectivity index (χ1v) is 9.51. The number of aromatic nitrogens is 4. The van der Waals surface area contributed by atoms with Gasteiger partial charge in [-0.05, 0) is 36.5 Å². The molecule has 0 fully saturated rings. The van der Waals surface area contributed by atoms with Crippen molar-refractivity contribution in [3.8, 4) is 0 Å². The molecular formula is C20H22FN5O4. The van der Waals surface area contributed by atoms with Crippen LogP contribution >= 0.6 is 0 Å². The zero-order chi connectivity index (χ0) is 21.7. The minimum Gasteiger partial charge on any atom is -0.481 e. The fourth-order valence-electron chi connectivity index (χ4n) is 3.69. The van der Waals surface area contributed by atoms with Crippen LogP contribution in [-0.4, -0.2) is 48.1 Å². The molecule has 1 aromatic carbocycles. The quantitative estimate of drug-likeness (QED) is 0.396. The number of carboxylic acids is 2. The Morgan fingerprint density at radius 1 is 1.23 bits per heavy atom. The van der Waals surface area contributed by atoms with Crippen LogP contribution in [0.15, 0.2) is 36.9 Å². The van der Waals surface area contributed by atoms with Crippen LogP contribution in [0.1, 0.15) is 37.7 Å². The second-order valence-corrected chi connectivity index (χ2v) is 6.94. The lowest BCUT2D eigenvalue weighted by Crippen LogP contribution is -2.39. The molecule has 0 saturated carbocycles. The molecule has 0 saturated heterocycles. The molecule has 3 unspecified atom stereocenters. The number of hydrogen-bond donors (Lipinski definition) is 4. The summed E-state index contributed by atoms with van der Waals surface area (Å²) in [7, 11) is 0. The van der Waals surface area contributed by atoms with Crippen molar-refractivity contribution in [1.82, 2.24) is 19.9 Å². The van der Waals surface area contributed by atoms with E-state index in [9.17, 15) is 19.1 Å². The van der Waals surface area contributed by atoms with Gasteiger partial charge in [0.15, 0.2) is 11.5 Å². The van der Waals surface area contributed by atoms with Crippen molar-refractivity contribution >= 4 is 28.9 Å². The average molecular weight is 415 g/mol. The van der Waals surface area contributed by atoms with Crippen molar-refractivity contribution in [1.29, 1.82) is 0 Å². The third-order valence-corrected chi connectivity index (χ3v) is 5.08. The van der Waals surface area contributed by atoms with E-state index in [-0.39, 0.29) is 12.8 Å². The Kier molecular flexibility index (Phi) is 6.55. The normalized spacial score (nSPS) is 14.2. The number of rotatable bonds is 10. The first-order chi connectivity index (χ1) is 14.4. The van der Waals surface area contributed by atoms with Gasteiger partial charge in [0.25, 0.3) is 0 Å². The minimum atomic E-state index is -1.11. The van der Waals surface area contributed by atoms with Crippen LogP contribution in [0.4, 0.5) is 10.2 Å². The summed E-state index contributed by atoms with van der Waals surface area (Å²) in [6, 6.07) is 5.03. The largest absolute Gasteiger partial charge is 0.481 e. The van der Waals surface area contributed by atoms with E-state index in [2.05, 4.69) is 25.3 Å². The van der Waals surface area contributed by atoms with E-state index in [1.54, 1.807) is 6.07 Å². The summed E-state index contributed by atoms with van der Waals surface area (Å²) < 4.78 is 13.9. The Morgan fingerprint density at radius 3 is 2.70 bits per heavy atom. The first kappa shape index (κ1) is 21.2. The van der Waals surface area contributed by atoms with E-state index in [1.807, 2.05) is 6.92 Å². The molecule has 10 heteroatoms. The minimum absolute atomic E-state index is 0.0528. The monoisotopic (exact) mass is 415 g/mol. The van der Waals surface area contributed by atoms with Gasteiger partial charge in [0.05, 0.1) is 12.2 Å². The van der Waals surface area contributed by atoms with Gasteiger partial charge < -0.3 is 20.5 Å². The third-order valence-electron chi connectivity index (χ3n) is 5.08. The molecule has 0 bridgehead atoms. The maximum absolute atomic E-state index is 13.9. The Hall–Kier alpha value is -3.56. The molecule has 3 rings (SSSR count). The number of carbonyl (C=O) groups is 2. The van der Waals surface area contributed by atoms with Crippen molar-refractivity contribution in [3.05, 3.63) is 48.3 Å². The molecule has 0 aliphatic carbocycles. The van der Waals surface area contributed by atoms with E-state index < -0.39 is 35.6 Å². The van der Waals surface area contributed by atoms with Gasteiger partial charge in [0, 0.05) is 12.5 Å². The summed E-state index contributed by atoms with van der Waals surface area (Å²) in [6.45, 7) is 1.82. The predicted octanol–water partition coefficient (Wildman–Crippen LogP) is 3.03. The van der Waals surface area contributed by atoms with E-state index in [1.165, 1.54) is 30.9 Å². The van der Waals surface area contributed by atoms with Crippen LogP contribution in [0.2, 0.25) is 0 Å². The Labute approximate surface area is 171 Å². The number of H-pyrrole nitrogens is 1. The van der Waals surface area contributed by atoms with Crippen molar-refractivity contribution in [2.75, 3.05) is 5.32 Å². The molecule has 0 amide bonds. The molecule has 0 aliphatic rings. The Bertz CT molecular complexity index is 1040. The van der Waals surface area contributed by atoms with Crippen LogP contribution in [-0.2, 0) is 9.59 Å².